The summed E-state index contributed by atoms with van der Waals surface area (Å²) in [5.41, 5.74) is 2.10. The molecule has 0 radical (unpaired) electrons. The largest absolute Gasteiger partial charge is 0.324 e. The number of hydrogen-bond acceptors (Lipinski definition) is 5. The minimum absolute atomic E-state index is 0.308. The number of nitrogens with one attached hydrogen (secondary N) is 1. The van der Waals surface area contributed by atoms with Gasteiger partial charge in [0.1, 0.15) is 6.04 Å². The van der Waals surface area contributed by atoms with Crippen molar-refractivity contribution in [1.82, 2.24) is 5.01 Å². The van der Waals surface area contributed by atoms with Crippen molar-refractivity contribution in [2.75, 3.05) is 10.2 Å². The number of hydrogen-bond donors (Lipinski definition) is 1. The number of amides is 3. The van der Waals surface area contributed by atoms with Gasteiger partial charge in [-0.2, -0.15) is 5.10 Å². The lowest BCUT2D eigenvalue weighted by molar-refractivity contribution is -0.129. The van der Waals surface area contributed by atoms with Crippen LogP contribution in [0.25, 0.3) is 0 Å². The molecule has 2 aromatic carbocycles. The molecule has 0 aromatic heterocycles. The predicted molar refractivity (Wildman–Crippen MR) is 118 cm³/mol. The Morgan fingerprint density at radius 3 is 2.39 bits per heavy atom. The van der Waals surface area contributed by atoms with E-state index in [4.69, 9.17) is 11.6 Å². The van der Waals surface area contributed by atoms with Crippen molar-refractivity contribution in [3.05, 3.63) is 71.3 Å². The first-order valence-corrected chi connectivity index (χ1v) is 10.3. The lowest BCUT2D eigenvalue weighted by atomic mass is 9.88. The van der Waals surface area contributed by atoms with Crippen LogP contribution in [0, 0.1) is 18.8 Å². The zero-order valence-corrected chi connectivity index (χ0v) is 17.4. The zero-order valence-electron chi connectivity index (χ0n) is 16.6. The molecule has 31 heavy (non-hydrogen) atoms. The molecule has 0 aliphatic carbocycles. The Morgan fingerprint density at radius 1 is 1.00 bits per heavy atom. The minimum atomic E-state index is -0.904. The van der Waals surface area contributed by atoms with Crippen molar-refractivity contribution >= 4 is 46.9 Å². The van der Waals surface area contributed by atoms with Crippen LogP contribution in [0.15, 0.2) is 65.8 Å². The van der Waals surface area contributed by atoms with Crippen LogP contribution in [-0.4, -0.2) is 41.0 Å². The van der Waals surface area contributed by atoms with Crippen molar-refractivity contribution in [2.45, 2.75) is 19.0 Å². The molecular formula is C23H19ClN4O3. The summed E-state index contributed by atoms with van der Waals surface area (Å²) in [6.07, 6.45) is 5.13. The number of allylic oxidation sites excluding steroid dienone is 1. The van der Waals surface area contributed by atoms with Gasteiger partial charge >= 0.3 is 0 Å². The molecule has 7 nitrogen and oxygen atoms in total. The number of benzene rings is 2. The lowest BCUT2D eigenvalue weighted by Crippen LogP contribution is -2.47. The number of fused-ring (bicyclic) bond motifs is 3. The van der Waals surface area contributed by atoms with Gasteiger partial charge in [-0.25, -0.2) is 4.90 Å². The molecule has 3 heterocycles. The van der Waals surface area contributed by atoms with E-state index in [0.717, 1.165) is 5.56 Å². The second kappa shape index (κ2) is 7.35. The average molecular weight is 435 g/mol. The summed E-state index contributed by atoms with van der Waals surface area (Å²) in [6, 6.07) is 12.6. The molecule has 2 saturated heterocycles. The Kier molecular flexibility index (Phi) is 4.63. The molecule has 0 spiro atoms. The SMILES string of the molecule is Cc1ccc(N2C(=O)[C@@H]3[C@H](C2=O)[C@H]2C=CC=NN2[C@@H]3C(=O)Nc2ccc(Cl)cc2)cc1. The van der Waals surface area contributed by atoms with Crippen LogP contribution in [0.3, 0.4) is 0 Å². The van der Waals surface area contributed by atoms with Crippen molar-refractivity contribution in [3.8, 4) is 0 Å². The van der Waals surface area contributed by atoms with Gasteiger partial charge < -0.3 is 5.32 Å². The van der Waals surface area contributed by atoms with Gasteiger partial charge in [0.2, 0.25) is 17.7 Å². The van der Waals surface area contributed by atoms with Crippen molar-refractivity contribution in [3.63, 3.8) is 0 Å². The van der Waals surface area contributed by atoms with Crippen LogP contribution in [0.4, 0.5) is 11.4 Å². The summed E-state index contributed by atoms with van der Waals surface area (Å²) in [6.45, 7) is 1.94. The molecule has 0 bridgehead atoms. The van der Waals surface area contributed by atoms with Gasteiger partial charge in [-0.15, -0.1) is 0 Å². The van der Waals surface area contributed by atoms with E-state index in [1.165, 1.54) is 4.90 Å². The maximum absolute atomic E-state index is 13.4. The summed E-state index contributed by atoms with van der Waals surface area (Å²) in [7, 11) is 0. The number of halogens is 1. The second-order valence-electron chi connectivity index (χ2n) is 7.86. The van der Waals surface area contributed by atoms with Gasteiger partial charge in [-0.05, 0) is 49.4 Å². The summed E-state index contributed by atoms with van der Waals surface area (Å²) in [5, 5.41) is 9.29. The van der Waals surface area contributed by atoms with Gasteiger partial charge in [-0.1, -0.05) is 35.4 Å². The first kappa shape index (κ1) is 19.5. The standard InChI is InChI=1S/C23H19ClN4O3/c1-13-4-10-16(11-5-13)27-22(30)18-17-3-2-12-25-28(17)20(19(18)23(27)31)21(29)26-15-8-6-14(24)7-9-15/h2-12,17-20H,1H3,(H,26,29)/t17-,18-,19-,20+/m1/s1. The predicted octanol–water partition coefficient (Wildman–Crippen LogP) is 3.00. The van der Waals surface area contributed by atoms with Gasteiger partial charge in [0.05, 0.1) is 23.6 Å². The zero-order chi connectivity index (χ0) is 21.7. The third kappa shape index (κ3) is 3.13. The minimum Gasteiger partial charge on any atom is -0.324 e. The van der Waals surface area contributed by atoms with E-state index in [0.29, 0.717) is 16.4 Å². The maximum Gasteiger partial charge on any atom is 0.249 e. The highest BCUT2D eigenvalue weighted by atomic mass is 35.5. The van der Waals surface area contributed by atoms with Crippen LogP contribution in [0.2, 0.25) is 5.02 Å². The van der Waals surface area contributed by atoms with E-state index in [2.05, 4.69) is 10.4 Å². The Bertz CT molecular complexity index is 1110. The molecular weight excluding hydrogens is 416 g/mol. The molecule has 1 N–H and O–H groups in total. The highest BCUT2D eigenvalue weighted by molar-refractivity contribution is 6.30. The lowest BCUT2D eigenvalue weighted by Gasteiger charge is -2.30. The number of imide groups is 1. The number of carbonyl (C=O) groups is 3. The molecule has 0 saturated carbocycles. The topological polar surface area (TPSA) is 82.1 Å². The highest BCUT2D eigenvalue weighted by Gasteiger charge is 2.64. The fourth-order valence-corrected chi connectivity index (χ4v) is 4.66. The van der Waals surface area contributed by atoms with E-state index in [9.17, 15) is 14.4 Å². The molecule has 3 aliphatic rings. The quantitative estimate of drug-likeness (QED) is 0.753. The number of hydrazone groups is 1. The number of nitrogens with zero attached hydrogens (tertiary/aromatic N) is 3. The Morgan fingerprint density at radius 2 is 1.68 bits per heavy atom. The fourth-order valence-electron chi connectivity index (χ4n) is 4.54. The molecule has 2 fully saturated rings. The van der Waals surface area contributed by atoms with E-state index >= 15 is 0 Å². The fraction of sp³-hybridized carbons (Fsp3) is 0.217. The van der Waals surface area contributed by atoms with Crippen LogP contribution >= 0.6 is 11.6 Å². The van der Waals surface area contributed by atoms with Crippen molar-refractivity contribution in [1.29, 1.82) is 0 Å². The van der Waals surface area contributed by atoms with Gasteiger partial charge in [0, 0.05) is 16.9 Å². The van der Waals surface area contributed by atoms with Crippen LogP contribution in [0.5, 0.6) is 0 Å². The summed E-state index contributed by atoms with van der Waals surface area (Å²) in [4.78, 5) is 41.3. The molecule has 3 amide bonds. The van der Waals surface area contributed by atoms with Crippen molar-refractivity contribution < 1.29 is 14.4 Å². The normalized spacial score (nSPS) is 26.3. The summed E-state index contributed by atoms with van der Waals surface area (Å²) < 4.78 is 0. The molecule has 5 rings (SSSR count). The number of carbonyl (C=O) groups excluding carboxylic acids is 3. The Hall–Kier alpha value is -3.45. The van der Waals surface area contributed by atoms with Crippen LogP contribution in [0.1, 0.15) is 5.56 Å². The average Bonchev–Trinajstić information content (AvgIpc) is 3.24. The smallest absolute Gasteiger partial charge is 0.249 e. The van der Waals surface area contributed by atoms with Crippen molar-refractivity contribution in [2.24, 2.45) is 16.9 Å². The molecule has 3 aliphatic heterocycles. The van der Waals surface area contributed by atoms with E-state index in [-0.39, 0.29) is 17.7 Å². The van der Waals surface area contributed by atoms with Crippen LogP contribution in [-0.2, 0) is 14.4 Å². The van der Waals surface area contributed by atoms with Gasteiger partial charge in [-0.3, -0.25) is 19.4 Å². The van der Waals surface area contributed by atoms with Crippen LogP contribution < -0.4 is 10.2 Å². The Balaban J connectivity index is 1.50. The Labute approximate surface area is 184 Å². The third-order valence-electron chi connectivity index (χ3n) is 5.96. The molecule has 2 aromatic rings. The van der Waals surface area contributed by atoms with Gasteiger partial charge in [0.15, 0.2) is 0 Å². The van der Waals surface area contributed by atoms with Gasteiger partial charge in [0.25, 0.3) is 0 Å². The molecule has 0 unspecified atom stereocenters. The molecule has 8 heteroatoms. The number of anilines is 2. The first-order chi connectivity index (χ1) is 15.0. The molecule has 4 atom stereocenters. The monoisotopic (exact) mass is 434 g/mol. The highest BCUT2D eigenvalue weighted by Crippen LogP contribution is 2.45. The van der Waals surface area contributed by atoms with E-state index in [1.807, 2.05) is 25.1 Å². The number of rotatable bonds is 3. The summed E-state index contributed by atoms with van der Waals surface area (Å²) in [5.74, 6) is -2.58. The van der Waals surface area contributed by atoms with E-state index < -0.39 is 23.9 Å². The molecule has 156 valence electrons. The first-order valence-electron chi connectivity index (χ1n) is 9.96. The summed E-state index contributed by atoms with van der Waals surface area (Å²) >= 11 is 5.92. The second-order valence-corrected chi connectivity index (χ2v) is 8.30. The van der Waals surface area contributed by atoms with E-state index in [1.54, 1.807) is 53.7 Å². The third-order valence-corrected chi connectivity index (χ3v) is 6.22. The number of aryl methyl sites for hydroxylation is 1. The maximum atomic E-state index is 13.4.